The molecule has 0 saturated heterocycles. The van der Waals surface area contributed by atoms with Crippen molar-refractivity contribution < 1.29 is 4.74 Å². The number of hydrogen-bond donors (Lipinski definition) is 2. The second kappa shape index (κ2) is 8.16. The maximum absolute atomic E-state index is 12.0. The van der Waals surface area contributed by atoms with Gasteiger partial charge in [-0.05, 0) is 54.1 Å². The van der Waals surface area contributed by atoms with E-state index in [2.05, 4.69) is 15.6 Å². The van der Waals surface area contributed by atoms with Crippen LogP contribution < -0.4 is 26.2 Å². The van der Waals surface area contributed by atoms with E-state index in [0.29, 0.717) is 28.8 Å². The highest BCUT2D eigenvalue weighted by atomic mass is 35.5. The molecule has 0 spiro atoms. The van der Waals surface area contributed by atoms with Crippen molar-refractivity contribution in [2.24, 2.45) is 0 Å². The lowest BCUT2D eigenvalue weighted by Crippen LogP contribution is -2.36. The van der Waals surface area contributed by atoms with Crippen molar-refractivity contribution in [2.45, 2.75) is 6.54 Å². The first-order valence-corrected chi connectivity index (χ1v) is 9.24. The van der Waals surface area contributed by atoms with Gasteiger partial charge >= 0.3 is 0 Å². The summed E-state index contributed by atoms with van der Waals surface area (Å²) >= 11 is 5.89. The Morgan fingerprint density at radius 2 is 1.69 bits per heavy atom. The SMILES string of the molecule is O=c1c(NCc2cccc(Oc3ccc(Cl)cc3)c2)c(Nc2cccnc2)c1=O. The molecule has 0 radical (unpaired) electrons. The molecule has 0 unspecified atom stereocenters. The highest BCUT2D eigenvalue weighted by molar-refractivity contribution is 6.30. The Morgan fingerprint density at radius 3 is 2.45 bits per heavy atom. The van der Waals surface area contributed by atoms with Crippen molar-refractivity contribution in [3.05, 3.63) is 104 Å². The van der Waals surface area contributed by atoms with E-state index in [-0.39, 0.29) is 11.4 Å². The molecule has 0 saturated carbocycles. The zero-order valence-corrected chi connectivity index (χ0v) is 15.9. The van der Waals surface area contributed by atoms with Gasteiger partial charge in [-0.1, -0.05) is 23.7 Å². The second-order valence-electron chi connectivity index (χ2n) is 6.33. The van der Waals surface area contributed by atoms with E-state index in [1.54, 1.807) is 48.8 Å². The van der Waals surface area contributed by atoms with Crippen LogP contribution in [0.15, 0.2) is 82.6 Å². The Hall–Kier alpha value is -3.64. The molecule has 0 aliphatic heterocycles. The van der Waals surface area contributed by atoms with Crippen molar-refractivity contribution >= 4 is 28.7 Å². The number of rotatable bonds is 7. The molecule has 1 aromatic heterocycles. The molecule has 6 nitrogen and oxygen atoms in total. The number of aromatic nitrogens is 1. The fraction of sp³-hybridized carbons (Fsp3) is 0.0455. The Balaban J connectivity index is 1.45. The van der Waals surface area contributed by atoms with E-state index >= 15 is 0 Å². The Labute approximate surface area is 171 Å². The minimum absolute atomic E-state index is 0.247. The van der Waals surface area contributed by atoms with Gasteiger partial charge in [-0.2, -0.15) is 0 Å². The van der Waals surface area contributed by atoms with E-state index in [1.165, 1.54) is 0 Å². The topological polar surface area (TPSA) is 80.3 Å². The number of pyridine rings is 1. The van der Waals surface area contributed by atoms with Gasteiger partial charge in [0.1, 0.15) is 22.9 Å². The van der Waals surface area contributed by atoms with Crippen LogP contribution in [0.4, 0.5) is 17.1 Å². The number of ether oxygens (including phenoxy) is 1. The van der Waals surface area contributed by atoms with Gasteiger partial charge in [0, 0.05) is 17.8 Å². The Kier molecular flexibility index (Phi) is 5.27. The zero-order valence-electron chi connectivity index (χ0n) is 15.2. The van der Waals surface area contributed by atoms with Crippen LogP contribution >= 0.6 is 11.6 Å². The minimum Gasteiger partial charge on any atom is -0.457 e. The lowest BCUT2D eigenvalue weighted by Gasteiger charge is -2.15. The van der Waals surface area contributed by atoms with E-state index in [9.17, 15) is 9.59 Å². The second-order valence-corrected chi connectivity index (χ2v) is 6.77. The molecule has 0 bridgehead atoms. The van der Waals surface area contributed by atoms with Gasteiger partial charge in [-0.25, -0.2) is 0 Å². The smallest absolute Gasteiger partial charge is 0.253 e. The largest absolute Gasteiger partial charge is 0.457 e. The molecule has 2 N–H and O–H groups in total. The van der Waals surface area contributed by atoms with Crippen LogP contribution in [0.5, 0.6) is 11.5 Å². The summed E-state index contributed by atoms with van der Waals surface area (Å²) in [6, 6.07) is 18.1. The Bertz CT molecular complexity index is 1200. The van der Waals surface area contributed by atoms with Gasteiger partial charge in [-0.3, -0.25) is 14.6 Å². The van der Waals surface area contributed by atoms with Crippen molar-refractivity contribution in [1.29, 1.82) is 0 Å². The van der Waals surface area contributed by atoms with Gasteiger partial charge in [0.15, 0.2) is 0 Å². The number of nitrogens with one attached hydrogen (secondary N) is 2. The molecule has 29 heavy (non-hydrogen) atoms. The minimum atomic E-state index is -0.545. The molecule has 4 rings (SSSR count). The summed E-state index contributed by atoms with van der Waals surface area (Å²) in [5.74, 6) is 1.33. The molecule has 1 heterocycles. The molecule has 0 amide bonds. The normalized spacial score (nSPS) is 10.7. The fourth-order valence-electron chi connectivity index (χ4n) is 2.81. The van der Waals surface area contributed by atoms with Gasteiger partial charge in [0.05, 0.1) is 11.9 Å². The van der Waals surface area contributed by atoms with E-state index in [4.69, 9.17) is 16.3 Å². The first kappa shape index (κ1) is 18.7. The van der Waals surface area contributed by atoms with Crippen LogP contribution in [-0.2, 0) is 6.54 Å². The van der Waals surface area contributed by atoms with Crippen molar-refractivity contribution in [1.82, 2.24) is 4.98 Å². The van der Waals surface area contributed by atoms with Crippen molar-refractivity contribution in [3.63, 3.8) is 0 Å². The van der Waals surface area contributed by atoms with Crippen LogP contribution in [0.1, 0.15) is 5.56 Å². The lowest BCUT2D eigenvalue weighted by atomic mass is 10.1. The molecular weight excluding hydrogens is 390 g/mol. The molecule has 3 aromatic carbocycles. The third-order valence-electron chi connectivity index (χ3n) is 4.26. The number of halogens is 1. The lowest BCUT2D eigenvalue weighted by molar-refractivity contribution is 0.482. The first-order valence-electron chi connectivity index (χ1n) is 8.87. The molecule has 4 aromatic rings. The van der Waals surface area contributed by atoms with Gasteiger partial charge in [0.2, 0.25) is 0 Å². The van der Waals surface area contributed by atoms with Gasteiger partial charge in [-0.15, -0.1) is 0 Å². The van der Waals surface area contributed by atoms with E-state index in [1.807, 2.05) is 24.3 Å². The molecule has 0 fully saturated rings. The number of nitrogens with zero attached hydrogens (tertiary/aromatic N) is 1. The van der Waals surface area contributed by atoms with E-state index in [0.717, 1.165) is 5.56 Å². The number of anilines is 3. The molecule has 0 aliphatic rings. The van der Waals surface area contributed by atoms with Crippen LogP contribution in [0, 0.1) is 0 Å². The average molecular weight is 406 g/mol. The first-order chi connectivity index (χ1) is 14.1. The maximum Gasteiger partial charge on any atom is 0.253 e. The Morgan fingerprint density at radius 1 is 0.897 bits per heavy atom. The van der Waals surface area contributed by atoms with Crippen LogP contribution in [0.3, 0.4) is 0 Å². The standard InChI is InChI=1S/C22H16ClN3O3/c23-15-6-8-17(9-7-15)29-18-5-1-3-14(11-18)12-25-19-20(22(28)21(19)27)26-16-4-2-10-24-13-16/h1-11,13,25-26H,12H2. The zero-order chi connectivity index (χ0) is 20.2. The highest BCUT2D eigenvalue weighted by Gasteiger charge is 2.20. The van der Waals surface area contributed by atoms with Crippen molar-refractivity contribution in [3.8, 4) is 11.5 Å². The summed E-state index contributed by atoms with van der Waals surface area (Å²) in [6.45, 7) is 0.365. The summed E-state index contributed by atoms with van der Waals surface area (Å²) in [6.07, 6.45) is 3.21. The third kappa shape index (κ3) is 4.28. The number of benzene rings is 2. The van der Waals surface area contributed by atoms with E-state index < -0.39 is 10.9 Å². The maximum atomic E-state index is 12.0. The summed E-state index contributed by atoms with van der Waals surface area (Å²) in [7, 11) is 0. The van der Waals surface area contributed by atoms with Crippen LogP contribution in [0.2, 0.25) is 5.02 Å². The predicted molar refractivity (Wildman–Crippen MR) is 114 cm³/mol. The third-order valence-corrected chi connectivity index (χ3v) is 4.51. The molecule has 144 valence electrons. The monoisotopic (exact) mass is 405 g/mol. The summed E-state index contributed by atoms with van der Waals surface area (Å²) in [5.41, 5.74) is 0.971. The quantitative estimate of drug-likeness (QED) is 0.441. The summed E-state index contributed by atoms with van der Waals surface area (Å²) in [4.78, 5) is 27.9. The number of hydrogen-bond acceptors (Lipinski definition) is 6. The van der Waals surface area contributed by atoms with Gasteiger partial charge in [0.25, 0.3) is 10.9 Å². The predicted octanol–water partition coefficient (Wildman–Crippen LogP) is 4.48. The average Bonchev–Trinajstić information content (AvgIpc) is 2.75. The summed E-state index contributed by atoms with van der Waals surface area (Å²) < 4.78 is 5.82. The van der Waals surface area contributed by atoms with Crippen molar-refractivity contribution in [2.75, 3.05) is 10.6 Å². The summed E-state index contributed by atoms with van der Waals surface area (Å²) in [5, 5.41) is 6.62. The van der Waals surface area contributed by atoms with Gasteiger partial charge < -0.3 is 15.4 Å². The molecule has 0 atom stereocenters. The fourth-order valence-corrected chi connectivity index (χ4v) is 2.93. The van der Waals surface area contributed by atoms with Crippen LogP contribution in [0.25, 0.3) is 0 Å². The van der Waals surface area contributed by atoms with Crippen LogP contribution in [-0.4, -0.2) is 4.98 Å². The molecular formula is C22H16ClN3O3. The molecule has 0 aliphatic carbocycles. The highest BCUT2D eigenvalue weighted by Crippen LogP contribution is 2.25. The molecule has 7 heteroatoms.